The van der Waals surface area contributed by atoms with Crippen LogP contribution in [0.4, 0.5) is 16.3 Å². The Balaban J connectivity index is 1.54. The number of nitrogens with one attached hydrogen (secondary N) is 1. The molecule has 2 aromatic carbocycles. The lowest BCUT2D eigenvalue weighted by Gasteiger charge is -2.22. The second-order valence-electron chi connectivity index (χ2n) is 5.92. The highest BCUT2D eigenvalue weighted by Gasteiger charge is 2.31. The molecule has 1 aromatic heterocycles. The van der Waals surface area contributed by atoms with Gasteiger partial charge in [0.05, 0.1) is 0 Å². The fraction of sp³-hybridized carbons (Fsp3) is 0.158. The zero-order valence-corrected chi connectivity index (χ0v) is 13.3. The molecule has 1 atom stereocenters. The molecule has 1 aliphatic heterocycles. The molecule has 0 spiro atoms. The molecular weight excluding hydrogens is 302 g/mol. The molecule has 0 fully saturated rings. The molecule has 0 radical (unpaired) electrons. The predicted octanol–water partition coefficient (Wildman–Crippen LogP) is 4.32. The van der Waals surface area contributed by atoms with Gasteiger partial charge in [0.1, 0.15) is 0 Å². The number of aromatic nitrogens is 1. The van der Waals surface area contributed by atoms with Crippen molar-refractivity contribution in [2.24, 2.45) is 0 Å². The number of benzene rings is 2. The number of hydrogen-bond donors (Lipinski definition) is 1. The quantitative estimate of drug-likeness (QED) is 0.765. The van der Waals surface area contributed by atoms with Crippen LogP contribution in [-0.4, -0.2) is 17.2 Å². The van der Waals surface area contributed by atoms with Crippen LogP contribution in [0.1, 0.15) is 12.5 Å². The molecule has 5 heteroatoms. The molecular formula is C19H17N3O2. The molecule has 1 aliphatic rings. The largest absolute Gasteiger partial charge is 0.354 e. The smallest absolute Gasteiger partial charge is 0.327 e. The lowest BCUT2D eigenvalue weighted by Crippen LogP contribution is -2.39. The molecule has 0 saturated heterocycles. The first-order chi connectivity index (χ1) is 11.7. The molecule has 1 unspecified atom stereocenters. The number of rotatable bonds is 2. The van der Waals surface area contributed by atoms with E-state index >= 15 is 0 Å². The van der Waals surface area contributed by atoms with Gasteiger partial charge in [-0.3, -0.25) is 10.2 Å². The molecule has 24 heavy (non-hydrogen) atoms. The van der Waals surface area contributed by atoms with E-state index in [1.165, 1.54) is 5.56 Å². The number of carbonyl (C=O) groups is 1. The number of urea groups is 1. The van der Waals surface area contributed by atoms with Crippen LogP contribution in [0.15, 0.2) is 65.2 Å². The monoisotopic (exact) mass is 319 g/mol. The number of carbonyl (C=O) groups excluding carboxylic acids is 1. The SMILES string of the molecule is CC1Cc2ccccc2N1C(=O)Nc1cc(-c2ccccc2)on1. The Morgan fingerprint density at radius 3 is 2.75 bits per heavy atom. The zero-order chi connectivity index (χ0) is 16.5. The van der Waals surface area contributed by atoms with E-state index in [1.807, 2.05) is 55.5 Å². The summed E-state index contributed by atoms with van der Waals surface area (Å²) in [5, 5.41) is 6.78. The minimum Gasteiger partial charge on any atom is -0.354 e. The third kappa shape index (κ3) is 2.54. The molecule has 2 heterocycles. The summed E-state index contributed by atoms with van der Waals surface area (Å²) >= 11 is 0. The highest BCUT2D eigenvalue weighted by Crippen LogP contribution is 2.32. The van der Waals surface area contributed by atoms with Gasteiger partial charge in [-0.25, -0.2) is 4.79 Å². The van der Waals surface area contributed by atoms with Crippen molar-refractivity contribution < 1.29 is 9.32 Å². The number of anilines is 2. The summed E-state index contributed by atoms with van der Waals surface area (Å²) in [6.45, 7) is 2.04. The summed E-state index contributed by atoms with van der Waals surface area (Å²) < 4.78 is 5.33. The first-order valence-corrected chi connectivity index (χ1v) is 7.92. The van der Waals surface area contributed by atoms with Crippen LogP contribution in [0.25, 0.3) is 11.3 Å². The molecule has 4 rings (SSSR count). The summed E-state index contributed by atoms with van der Waals surface area (Å²) in [6.07, 6.45) is 0.859. The van der Waals surface area contributed by atoms with Crippen molar-refractivity contribution in [3.8, 4) is 11.3 Å². The van der Waals surface area contributed by atoms with Gasteiger partial charge in [0.2, 0.25) is 0 Å². The van der Waals surface area contributed by atoms with Crippen LogP contribution in [0, 0.1) is 0 Å². The summed E-state index contributed by atoms with van der Waals surface area (Å²) in [4.78, 5) is 14.4. The normalized spacial score (nSPS) is 16.0. The first kappa shape index (κ1) is 14.5. The molecule has 0 bridgehead atoms. The van der Waals surface area contributed by atoms with Crippen molar-refractivity contribution in [2.45, 2.75) is 19.4 Å². The maximum Gasteiger partial charge on any atom is 0.327 e. The summed E-state index contributed by atoms with van der Waals surface area (Å²) in [6, 6.07) is 19.3. The Hall–Kier alpha value is -3.08. The number of hydrogen-bond acceptors (Lipinski definition) is 3. The fourth-order valence-electron chi connectivity index (χ4n) is 3.12. The van der Waals surface area contributed by atoms with Gasteiger partial charge in [-0.15, -0.1) is 0 Å². The minimum atomic E-state index is -0.194. The maximum atomic E-state index is 12.7. The van der Waals surface area contributed by atoms with Gasteiger partial charge in [0.15, 0.2) is 11.6 Å². The van der Waals surface area contributed by atoms with Crippen molar-refractivity contribution in [2.75, 3.05) is 10.2 Å². The Morgan fingerprint density at radius 2 is 1.92 bits per heavy atom. The maximum absolute atomic E-state index is 12.7. The average molecular weight is 319 g/mol. The van der Waals surface area contributed by atoms with Crippen molar-refractivity contribution in [3.05, 3.63) is 66.2 Å². The van der Waals surface area contributed by atoms with E-state index in [2.05, 4.69) is 16.5 Å². The average Bonchev–Trinajstić information content (AvgIpc) is 3.19. The third-order valence-corrected chi connectivity index (χ3v) is 4.23. The summed E-state index contributed by atoms with van der Waals surface area (Å²) in [5.74, 6) is 1.04. The standard InChI is InChI=1S/C19H17N3O2/c1-13-11-15-9-5-6-10-16(15)22(13)19(23)20-18-12-17(24-21-18)14-7-3-2-4-8-14/h2-10,12-13H,11H2,1H3,(H,20,21,23). The Kier molecular flexibility index (Phi) is 3.54. The number of fused-ring (bicyclic) bond motifs is 1. The minimum absolute atomic E-state index is 0.114. The van der Waals surface area contributed by atoms with E-state index in [0.29, 0.717) is 11.6 Å². The van der Waals surface area contributed by atoms with E-state index in [4.69, 9.17) is 4.52 Å². The van der Waals surface area contributed by atoms with Crippen LogP contribution < -0.4 is 10.2 Å². The molecule has 0 saturated carbocycles. The second kappa shape index (κ2) is 5.85. The van der Waals surface area contributed by atoms with Crippen LogP contribution in [0.3, 0.4) is 0 Å². The Labute approximate surface area is 139 Å². The topological polar surface area (TPSA) is 58.4 Å². The zero-order valence-electron chi connectivity index (χ0n) is 13.3. The Bertz CT molecular complexity index is 873. The van der Waals surface area contributed by atoms with Gasteiger partial charge < -0.3 is 4.52 Å². The van der Waals surface area contributed by atoms with Gasteiger partial charge in [0.25, 0.3) is 0 Å². The van der Waals surface area contributed by atoms with E-state index in [9.17, 15) is 4.79 Å². The van der Waals surface area contributed by atoms with E-state index in [-0.39, 0.29) is 12.1 Å². The first-order valence-electron chi connectivity index (χ1n) is 7.92. The van der Waals surface area contributed by atoms with Gasteiger partial charge in [-0.1, -0.05) is 53.7 Å². The molecule has 5 nitrogen and oxygen atoms in total. The van der Waals surface area contributed by atoms with Crippen LogP contribution in [0.5, 0.6) is 0 Å². The van der Waals surface area contributed by atoms with Crippen molar-refractivity contribution >= 4 is 17.5 Å². The summed E-state index contributed by atoms with van der Waals surface area (Å²) in [5.41, 5.74) is 3.06. The molecule has 3 aromatic rings. The third-order valence-electron chi connectivity index (χ3n) is 4.23. The van der Waals surface area contributed by atoms with Gasteiger partial charge in [-0.05, 0) is 25.0 Å². The second-order valence-corrected chi connectivity index (χ2v) is 5.92. The van der Waals surface area contributed by atoms with Gasteiger partial charge in [-0.2, -0.15) is 0 Å². The van der Waals surface area contributed by atoms with Gasteiger partial charge in [0, 0.05) is 23.4 Å². The highest BCUT2D eigenvalue weighted by atomic mass is 16.5. The fourth-order valence-corrected chi connectivity index (χ4v) is 3.12. The van der Waals surface area contributed by atoms with Crippen molar-refractivity contribution in [3.63, 3.8) is 0 Å². The number of amides is 2. The molecule has 1 N–H and O–H groups in total. The van der Waals surface area contributed by atoms with Crippen LogP contribution in [0.2, 0.25) is 0 Å². The highest BCUT2D eigenvalue weighted by molar-refractivity contribution is 6.03. The lowest BCUT2D eigenvalue weighted by atomic mass is 10.1. The van der Waals surface area contributed by atoms with Crippen LogP contribution in [-0.2, 0) is 6.42 Å². The number of nitrogens with zero attached hydrogens (tertiary/aromatic N) is 2. The van der Waals surface area contributed by atoms with Crippen molar-refractivity contribution in [1.29, 1.82) is 0 Å². The Morgan fingerprint density at radius 1 is 1.17 bits per heavy atom. The number of para-hydroxylation sites is 1. The van der Waals surface area contributed by atoms with E-state index < -0.39 is 0 Å². The predicted molar refractivity (Wildman–Crippen MR) is 93.0 cm³/mol. The van der Waals surface area contributed by atoms with E-state index in [1.54, 1.807) is 11.0 Å². The summed E-state index contributed by atoms with van der Waals surface area (Å²) in [7, 11) is 0. The van der Waals surface area contributed by atoms with Crippen molar-refractivity contribution in [1.82, 2.24) is 5.16 Å². The molecule has 2 amide bonds. The lowest BCUT2D eigenvalue weighted by molar-refractivity contribution is 0.255. The van der Waals surface area contributed by atoms with Gasteiger partial charge >= 0.3 is 6.03 Å². The molecule has 120 valence electrons. The molecule has 0 aliphatic carbocycles. The van der Waals surface area contributed by atoms with E-state index in [0.717, 1.165) is 17.7 Å². The van der Waals surface area contributed by atoms with Crippen LogP contribution >= 0.6 is 0 Å².